The van der Waals surface area contributed by atoms with Crippen LogP contribution in [0.15, 0.2) is 24.3 Å². The molecule has 0 bridgehead atoms. The molecule has 1 aromatic rings. The van der Waals surface area contributed by atoms with Gasteiger partial charge in [-0.25, -0.2) is 0 Å². The zero-order chi connectivity index (χ0) is 14.2. The Morgan fingerprint density at radius 1 is 1.00 bits per heavy atom. The summed E-state index contributed by atoms with van der Waals surface area (Å²) in [6, 6.07) is 12.1. The smallest absolute Gasteiger partial charge is 0.0991 e. The second-order valence-electron chi connectivity index (χ2n) is 6.83. The number of likely N-dealkylation sites (tertiary alicyclic amines) is 1. The highest BCUT2D eigenvalue weighted by molar-refractivity contribution is 5.50. The number of nitrogens with zero attached hydrogens (tertiary/aromatic N) is 3. The van der Waals surface area contributed by atoms with E-state index in [1.54, 1.807) is 0 Å². The second-order valence-corrected chi connectivity index (χ2v) is 6.83. The lowest BCUT2D eigenvalue weighted by Gasteiger charge is -2.48. The first-order valence-corrected chi connectivity index (χ1v) is 8.36. The largest absolute Gasteiger partial charge is 0.371 e. The summed E-state index contributed by atoms with van der Waals surface area (Å²) in [5.41, 5.74) is 2.04. The van der Waals surface area contributed by atoms with Gasteiger partial charge in [-0.3, -0.25) is 4.90 Å². The molecule has 2 aliphatic heterocycles. The molecule has 2 atom stereocenters. The number of benzene rings is 1. The number of anilines is 1. The molecule has 0 unspecified atom stereocenters. The maximum Gasteiger partial charge on any atom is 0.0991 e. The maximum atomic E-state index is 8.91. The van der Waals surface area contributed by atoms with Crippen LogP contribution in [-0.4, -0.2) is 36.6 Å². The molecule has 4 rings (SSSR count). The molecule has 3 nitrogen and oxygen atoms in total. The van der Waals surface area contributed by atoms with Crippen molar-refractivity contribution in [3.8, 4) is 6.07 Å². The maximum absolute atomic E-state index is 8.91. The minimum absolute atomic E-state index is 0.756. The van der Waals surface area contributed by atoms with Crippen LogP contribution in [0.1, 0.15) is 37.7 Å². The van der Waals surface area contributed by atoms with Crippen molar-refractivity contribution in [2.24, 2.45) is 5.92 Å². The van der Waals surface area contributed by atoms with Crippen molar-refractivity contribution < 1.29 is 0 Å². The van der Waals surface area contributed by atoms with Crippen molar-refractivity contribution >= 4 is 5.69 Å². The topological polar surface area (TPSA) is 30.3 Å². The van der Waals surface area contributed by atoms with Gasteiger partial charge in [-0.15, -0.1) is 0 Å². The van der Waals surface area contributed by atoms with Crippen LogP contribution in [0.2, 0.25) is 0 Å². The van der Waals surface area contributed by atoms with E-state index >= 15 is 0 Å². The van der Waals surface area contributed by atoms with Gasteiger partial charge >= 0.3 is 0 Å². The highest BCUT2D eigenvalue weighted by Crippen LogP contribution is 2.39. The Bertz CT molecular complexity index is 541. The molecule has 3 heteroatoms. The first-order valence-electron chi connectivity index (χ1n) is 8.36. The summed E-state index contributed by atoms with van der Waals surface area (Å²) in [6.07, 6.45) is 6.94. The Hall–Kier alpha value is -1.53. The highest BCUT2D eigenvalue weighted by Gasteiger charge is 2.41. The van der Waals surface area contributed by atoms with Crippen LogP contribution >= 0.6 is 0 Å². The summed E-state index contributed by atoms with van der Waals surface area (Å²) >= 11 is 0. The Balaban J connectivity index is 1.47. The molecular weight excluding hydrogens is 258 g/mol. The van der Waals surface area contributed by atoms with E-state index in [0.717, 1.165) is 30.1 Å². The van der Waals surface area contributed by atoms with Crippen LogP contribution in [0.4, 0.5) is 5.69 Å². The van der Waals surface area contributed by atoms with Gasteiger partial charge in [-0.05, 0) is 68.8 Å². The average molecular weight is 281 g/mol. The molecule has 3 aliphatic rings. The number of hydrogen-bond donors (Lipinski definition) is 0. The van der Waals surface area contributed by atoms with E-state index in [1.807, 2.05) is 12.1 Å². The molecule has 1 saturated carbocycles. The van der Waals surface area contributed by atoms with Gasteiger partial charge in [0.2, 0.25) is 0 Å². The fourth-order valence-corrected chi connectivity index (χ4v) is 4.28. The Labute approximate surface area is 127 Å². The SMILES string of the molecule is N#Cc1ccc(N2CC[C@H]3[C@@H](CCCN3C3CC3)C2)cc1. The molecule has 0 aromatic heterocycles. The molecule has 21 heavy (non-hydrogen) atoms. The van der Waals surface area contributed by atoms with E-state index in [1.165, 1.54) is 50.9 Å². The molecule has 3 fully saturated rings. The van der Waals surface area contributed by atoms with Crippen molar-refractivity contribution in [1.82, 2.24) is 4.90 Å². The van der Waals surface area contributed by atoms with E-state index in [9.17, 15) is 0 Å². The van der Waals surface area contributed by atoms with E-state index in [-0.39, 0.29) is 0 Å². The molecule has 0 N–H and O–H groups in total. The van der Waals surface area contributed by atoms with Crippen molar-refractivity contribution in [1.29, 1.82) is 5.26 Å². The number of piperidine rings is 2. The van der Waals surface area contributed by atoms with Crippen LogP contribution in [0, 0.1) is 17.2 Å². The molecule has 2 heterocycles. The van der Waals surface area contributed by atoms with Crippen molar-refractivity contribution in [2.75, 3.05) is 24.5 Å². The Morgan fingerprint density at radius 2 is 1.81 bits per heavy atom. The summed E-state index contributed by atoms with van der Waals surface area (Å²) in [5.74, 6) is 0.837. The Morgan fingerprint density at radius 3 is 2.52 bits per heavy atom. The third-order valence-corrected chi connectivity index (χ3v) is 5.49. The Kier molecular flexibility index (Phi) is 3.35. The summed E-state index contributed by atoms with van der Waals surface area (Å²) < 4.78 is 0. The molecule has 2 saturated heterocycles. The molecule has 1 aromatic carbocycles. The first-order chi connectivity index (χ1) is 10.3. The fraction of sp³-hybridized carbons (Fsp3) is 0.611. The average Bonchev–Trinajstić information content (AvgIpc) is 3.39. The van der Waals surface area contributed by atoms with Crippen LogP contribution in [0.5, 0.6) is 0 Å². The summed E-state index contributed by atoms with van der Waals surface area (Å²) in [4.78, 5) is 5.35. The summed E-state index contributed by atoms with van der Waals surface area (Å²) in [5, 5.41) is 8.91. The van der Waals surface area contributed by atoms with Gasteiger partial charge in [0.25, 0.3) is 0 Å². The minimum Gasteiger partial charge on any atom is -0.371 e. The number of fused-ring (bicyclic) bond motifs is 1. The lowest BCUT2D eigenvalue weighted by atomic mass is 9.83. The minimum atomic E-state index is 0.756. The zero-order valence-electron chi connectivity index (χ0n) is 12.5. The highest BCUT2D eigenvalue weighted by atomic mass is 15.3. The van der Waals surface area contributed by atoms with Gasteiger partial charge < -0.3 is 4.90 Å². The quantitative estimate of drug-likeness (QED) is 0.835. The van der Waals surface area contributed by atoms with Crippen LogP contribution in [0.25, 0.3) is 0 Å². The van der Waals surface area contributed by atoms with Gasteiger partial charge in [0.15, 0.2) is 0 Å². The predicted molar refractivity (Wildman–Crippen MR) is 84.2 cm³/mol. The van der Waals surface area contributed by atoms with Gasteiger partial charge in [-0.1, -0.05) is 0 Å². The molecule has 1 aliphatic carbocycles. The second kappa shape index (κ2) is 5.35. The van der Waals surface area contributed by atoms with Gasteiger partial charge in [-0.2, -0.15) is 5.26 Å². The normalized spacial score (nSPS) is 29.8. The van der Waals surface area contributed by atoms with E-state index in [4.69, 9.17) is 5.26 Å². The standard InChI is InChI=1S/C18H23N3/c19-12-14-3-5-16(6-4-14)20-11-9-18-15(13-20)2-1-10-21(18)17-7-8-17/h3-6,15,17-18H,1-2,7-11,13H2/t15-,18-/m0/s1. The van der Waals surface area contributed by atoms with E-state index in [0.29, 0.717) is 0 Å². The monoisotopic (exact) mass is 281 g/mol. The van der Waals surface area contributed by atoms with Gasteiger partial charge in [0.1, 0.15) is 0 Å². The van der Waals surface area contributed by atoms with Crippen molar-refractivity contribution in [3.63, 3.8) is 0 Å². The number of rotatable bonds is 2. The van der Waals surface area contributed by atoms with Crippen LogP contribution < -0.4 is 4.90 Å². The fourth-order valence-electron chi connectivity index (χ4n) is 4.28. The summed E-state index contributed by atoms with van der Waals surface area (Å²) in [7, 11) is 0. The van der Waals surface area contributed by atoms with Crippen molar-refractivity contribution in [2.45, 2.75) is 44.2 Å². The number of nitriles is 1. The predicted octanol–water partition coefficient (Wildman–Crippen LogP) is 3.01. The summed E-state index contributed by atoms with van der Waals surface area (Å²) in [6.45, 7) is 3.69. The van der Waals surface area contributed by atoms with Crippen molar-refractivity contribution in [3.05, 3.63) is 29.8 Å². The van der Waals surface area contributed by atoms with Crippen LogP contribution in [-0.2, 0) is 0 Å². The first kappa shape index (κ1) is 13.2. The van der Waals surface area contributed by atoms with E-state index < -0.39 is 0 Å². The molecule has 0 spiro atoms. The third-order valence-electron chi connectivity index (χ3n) is 5.49. The lowest BCUT2D eigenvalue weighted by molar-refractivity contribution is 0.0698. The lowest BCUT2D eigenvalue weighted by Crippen LogP contribution is -2.54. The molecule has 0 radical (unpaired) electrons. The third kappa shape index (κ3) is 2.53. The van der Waals surface area contributed by atoms with Gasteiger partial charge in [0, 0.05) is 30.9 Å². The van der Waals surface area contributed by atoms with E-state index in [2.05, 4.69) is 28.0 Å². The number of hydrogen-bond acceptors (Lipinski definition) is 3. The molecule has 0 amide bonds. The van der Waals surface area contributed by atoms with Gasteiger partial charge in [0.05, 0.1) is 11.6 Å². The molecule has 110 valence electrons. The zero-order valence-corrected chi connectivity index (χ0v) is 12.5. The van der Waals surface area contributed by atoms with Crippen LogP contribution in [0.3, 0.4) is 0 Å². The molecular formula is C18H23N3.